The number of aromatic nitrogens is 1. The monoisotopic (exact) mass is 303 g/mol. The van der Waals surface area contributed by atoms with Gasteiger partial charge < -0.3 is 15.5 Å². The molecule has 3 rings (SSSR count). The van der Waals surface area contributed by atoms with Gasteiger partial charge in [-0.1, -0.05) is 11.6 Å². The number of nitrogens with two attached hydrogens (primary N) is 1. The Labute approximate surface area is 123 Å². The van der Waals surface area contributed by atoms with Crippen molar-refractivity contribution in [2.24, 2.45) is 0 Å². The minimum atomic E-state index is -0.543. The van der Waals surface area contributed by atoms with E-state index in [4.69, 9.17) is 21.8 Å². The smallest absolute Gasteiger partial charge is 0.408 e. The molecule has 106 valence electrons. The first-order valence-corrected chi connectivity index (χ1v) is 6.40. The second-order valence-corrected chi connectivity index (χ2v) is 4.82. The molecule has 0 atom stereocenters. The summed E-state index contributed by atoms with van der Waals surface area (Å²) in [5, 5.41) is 3.02. The van der Waals surface area contributed by atoms with Gasteiger partial charge in [0.2, 0.25) is 0 Å². The lowest BCUT2D eigenvalue weighted by Crippen LogP contribution is -2.12. The highest BCUT2D eigenvalue weighted by Gasteiger charge is 2.09. The maximum absolute atomic E-state index is 12.1. The van der Waals surface area contributed by atoms with Crippen molar-refractivity contribution in [3.63, 3.8) is 0 Å². The summed E-state index contributed by atoms with van der Waals surface area (Å²) in [5.41, 5.74) is 7.85. The van der Waals surface area contributed by atoms with Crippen LogP contribution < -0.4 is 16.8 Å². The van der Waals surface area contributed by atoms with Crippen molar-refractivity contribution in [2.75, 3.05) is 11.1 Å². The van der Waals surface area contributed by atoms with Crippen molar-refractivity contribution in [1.82, 2.24) is 4.98 Å². The van der Waals surface area contributed by atoms with Crippen LogP contribution in [0.1, 0.15) is 10.4 Å². The summed E-state index contributed by atoms with van der Waals surface area (Å²) in [6, 6.07) is 9.47. The SMILES string of the molecule is Nc1ccc(C(=O)Nc2ccc3oc(=O)[nH]c3c2)cc1Cl. The Bertz CT molecular complexity index is 898. The largest absolute Gasteiger partial charge is 0.417 e. The van der Waals surface area contributed by atoms with Crippen LogP contribution in [-0.2, 0) is 0 Å². The first-order valence-electron chi connectivity index (χ1n) is 6.02. The number of amides is 1. The third-order valence-electron chi connectivity index (χ3n) is 2.94. The molecule has 7 heteroatoms. The van der Waals surface area contributed by atoms with E-state index < -0.39 is 5.76 Å². The number of H-pyrrole nitrogens is 1. The van der Waals surface area contributed by atoms with Gasteiger partial charge in [0.25, 0.3) is 5.91 Å². The number of halogens is 1. The van der Waals surface area contributed by atoms with Crippen molar-refractivity contribution in [3.8, 4) is 0 Å². The van der Waals surface area contributed by atoms with Gasteiger partial charge in [-0.25, -0.2) is 4.79 Å². The van der Waals surface area contributed by atoms with E-state index in [0.717, 1.165) is 0 Å². The van der Waals surface area contributed by atoms with Gasteiger partial charge in [-0.2, -0.15) is 0 Å². The van der Waals surface area contributed by atoms with E-state index in [2.05, 4.69) is 10.3 Å². The topological polar surface area (TPSA) is 101 Å². The first kappa shape index (κ1) is 13.3. The molecule has 6 nitrogen and oxygen atoms in total. The average molecular weight is 304 g/mol. The fourth-order valence-corrected chi connectivity index (χ4v) is 2.08. The van der Waals surface area contributed by atoms with Gasteiger partial charge in [-0.05, 0) is 36.4 Å². The van der Waals surface area contributed by atoms with Crippen LogP contribution in [0.15, 0.2) is 45.6 Å². The summed E-state index contributed by atoms with van der Waals surface area (Å²) in [5.74, 6) is -0.874. The fourth-order valence-electron chi connectivity index (χ4n) is 1.90. The maximum atomic E-state index is 12.1. The van der Waals surface area contributed by atoms with Crippen molar-refractivity contribution >= 4 is 40.0 Å². The molecule has 0 radical (unpaired) electrons. The minimum Gasteiger partial charge on any atom is -0.408 e. The molecular weight excluding hydrogens is 294 g/mol. The lowest BCUT2D eigenvalue weighted by atomic mass is 10.2. The number of hydrogen-bond donors (Lipinski definition) is 3. The van der Waals surface area contributed by atoms with Crippen LogP contribution in [0.3, 0.4) is 0 Å². The summed E-state index contributed by atoms with van der Waals surface area (Å²) in [6.07, 6.45) is 0. The maximum Gasteiger partial charge on any atom is 0.417 e. The molecule has 1 amide bonds. The molecule has 0 fully saturated rings. The quantitative estimate of drug-likeness (QED) is 0.633. The standard InChI is InChI=1S/C14H10ClN3O3/c15-9-5-7(1-3-10(9)16)13(19)17-8-2-4-12-11(6-8)18-14(20)21-12/h1-6H,16H2,(H,17,19)(H,18,20). The number of fused-ring (bicyclic) bond motifs is 1. The Morgan fingerprint density at radius 1 is 1.24 bits per heavy atom. The van der Waals surface area contributed by atoms with Crippen molar-refractivity contribution in [3.05, 3.63) is 57.5 Å². The van der Waals surface area contributed by atoms with Crippen molar-refractivity contribution in [1.29, 1.82) is 0 Å². The van der Waals surface area contributed by atoms with Crippen LogP contribution >= 0.6 is 11.6 Å². The molecule has 1 aromatic heterocycles. The molecule has 0 saturated heterocycles. The van der Waals surface area contributed by atoms with Crippen LogP contribution in [0, 0.1) is 0 Å². The minimum absolute atomic E-state index is 0.317. The lowest BCUT2D eigenvalue weighted by molar-refractivity contribution is 0.102. The van der Waals surface area contributed by atoms with Gasteiger partial charge in [0.1, 0.15) is 0 Å². The first-order chi connectivity index (χ1) is 10.0. The van der Waals surface area contributed by atoms with Gasteiger partial charge in [0, 0.05) is 11.3 Å². The summed E-state index contributed by atoms with van der Waals surface area (Å²) < 4.78 is 4.89. The second-order valence-electron chi connectivity index (χ2n) is 4.42. The molecule has 21 heavy (non-hydrogen) atoms. The van der Waals surface area contributed by atoms with Gasteiger partial charge in [0.15, 0.2) is 5.58 Å². The normalized spacial score (nSPS) is 10.7. The van der Waals surface area contributed by atoms with Gasteiger partial charge in [0.05, 0.1) is 16.2 Å². The highest BCUT2D eigenvalue weighted by atomic mass is 35.5. The van der Waals surface area contributed by atoms with Crippen LogP contribution in [0.2, 0.25) is 5.02 Å². The fraction of sp³-hybridized carbons (Fsp3) is 0. The molecule has 0 saturated carbocycles. The van der Waals surface area contributed by atoms with E-state index in [1.807, 2.05) is 0 Å². The Kier molecular flexibility index (Phi) is 3.15. The van der Waals surface area contributed by atoms with Crippen LogP contribution in [-0.4, -0.2) is 10.9 Å². The van der Waals surface area contributed by atoms with Crippen LogP contribution in [0.4, 0.5) is 11.4 Å². The third-order valence-corrected chi connectivity index (χ3v) is 3.27. The summed E-state index contributed by atoms with van der Waals surface area (Å²) in [6.45, 7) is 0. The molecule has 2 aromatic carbocycles. The number of oxazole rings is 1. The Morgan fingerprint density at radius 3 is 2.81 bits per heavy atom. The summed E-state index contributed by atoms with van der Waals surface area (Å²) in [4.78, 5) is 25.7. The zero-order chi connectivity index (χ0) is 15.0. The van der Waals surface area contributed by atoms with E-state index in [0.29, 0.717) is 33.1 Å². The molecule has 0 aliphatic heterocycles. The van der Waals surface area contributed by atoms with E-state index in [-0.39, 0.29) is 5.91 Å². The predicted molar refractivity (Wildman–Crippen MR) is 80.7 cm³/mol. The molecule has 0 bridgehead atoms. The molecule has 0 aliphatic carbocycles. The molecular formula is C14H10ClN3O3. The van der Waals surface area contributed by atoms with Crippen LogP contribution in [0.5, 0.6) is 0 Å². The third kappa shape index (κ3) is 2.61. The van der Waals surface area contributed by atoms with Crippen LogP contribution in [0.25, 0.3) is 11.1 Å². The summed E-state index contributed by atoms with van der Waals surface area (Å²) in [7, 11) is 0. The van der Waals surface area contributed by atoms with Gasteiger partial charge in [-0.15, -0.1) is 0 Å². The molecule has 3 aromatic rings. The molecule has 0 unspecified atom stereocenters. The van der Waals surface area contributed by atoms with Gasteiger partial charge in [-0.3, -0.25) is 9.78 Å². The van der Waals surface area contributed by atoms with E-state index in [1.165, 1.54) is 6.07 Å². The highest BCUT2D eigenvalue weighted by Crippen LogP contribution is 2.21. The Hall–Kier alpha value is -2.73. The summed E-state index contributed by atoms with van der Waals surface area (Å²) >= 11 is 5.88. The number of anilines is 2. The molecule has 1 heterocycles. The number of nitrogen functional groups attached to an aromatic ring is 1. The number of hydrogen-bond acceptors (Lipinski definition) is 4. The number of rotatable bonds is 2. The zero-order valence-corrected chi connectivity index (χ0v) is 11.4. The molecule has 0 spiro atoms. The van der Waals surface area contributed by atoms with Crippen molar-refractivity contribution < 1.29 is 9.21 Å². The zero-order valence-electron chi connectivity index (χ0n) is 10.6. The Morgan fingerprint density at radius 2 is 2.05 bits per heavy atom. The number of nitrogens with one attached hydrogen (secondary N) is 2. The second kappa shape index (κ2) is 4.99. The Balaban J connectivity index is 1.88. The van der Waals surface area contributed by atoms with E-state index >= 15 is 0 Å². The number of carbonyl (C=O) groups excluding carboxylic acids is 1. The molecule has 0 aliphatic rings. The van der Waals surface area contributed by atoms with E-state index in [9.17, 15) is 9.59 Å². The number of benzene rings is 2. The van der Waals surface area contributed by atoms with Gasteiger partial charge >= 0.3 is 5.76 Å². The predicted octanol–water partition coefficient (Wildman–Crippen LogP) is 2.61. The molecule has 4 N–H and O–H groups in total. The van der Waals surface area contributed by atoms with Crippen molar-refractivity contribution in [2.45, 2.75) is 0 Å². The number of carbonyl (C=O) groups is 1. The lowest BCUT2D eigenvalue weighted by Gasteiger charge is -2.06. The highest BCUT2D eigenvalue weighted by molar-refractivity contribution is 6.33. The van der Waals surface area contributed by atoms with E-state index in [1.54, 1.807) is 30.3 Å². The average Bonchev–Trinajstić information content (AvgIpc) is 2.81. The number of aromatic amines is 1.